The van der Waals surface area contributed by atoms with Gasteiger partial charge in [0.2, 0.25) is 0 Å². The van der Waals surface area contributed by atoms with Gasteiger partial charge in [0.1, 0.15) is 30.3 Å². The van der Waals surface area contributed by atoms with Gasteiger partial charge in [0.05, 0.1) is 18.6 Å². The van der Waals surface area contributed by atoms with Crippen molar-refractivity contribution < 1.29 is 35.4 Å². The molecule has 2 aromatic carbocycles. The van der Waals surface area contributed by atoms with Crippen LogP contribution in [0.25, 0.3) is 10.9 Å². The van der Waals surface area contributed by atoms with Crippen LogP contribution in [0.15, 0.2) is 67.4 Å². The summed E-state index contributed by atoms with van der Waals surface area (Å²) in [6, 6.07) is 13.5. The summed E-state index contributed by atoms with van der Waals surface area (Å²) in [6.07, 6.45) is 4.96. The number of halogens is 3. The third-order valence-corrected chi connectivity index (χ3v) is 7.54. The molecular weight excluding hydrogens is 474 g/mol. The van der Waals surface area contributed by atoms with Crippen molar-refractivity contribution in [2.45, 2.75) is 31.5 Å². The Hall–Kier alpha value is -2.15. The molecule has 6 rings (SSSR count). The highest BCUT2D eigenvalue weighted by Gasteiger charge is 2.54. The maximum Gasteiger partial charge on any atom is 0.134 e. The number of quaternary nitrogens is 1. The number of hydrogen-bond acceptors (Lipinski definition) is 2. The van der Waals surface area contributed by atoms with Gasteiger partial charge in [-0.25, -0.2) is 8.78 Å². The first-order chi connectivity index (χ1) is 15.0. The Labute approximate surface area is 197 Å². The van der Waals surface area contributed by atoms with Crippen molar-refractivity contribution in [3.8, 4) is 0 Å². The fourth-order valence-corrected chi connectivity index (χ4v) is 5.95. The monoisotopic (exact) mass is 500 g/mol. The Kier molecular flexibility index (Phi) is 6.48. The highest BCUT2D eigenvalue weighted by molar-refractivity contribution is 5.82. The van der Waals surface area contributed by atoms with Crippen LogP contribution in [-0.2, 0) is 6.54 Å². The highest BCUT2D eigenvalue weighted by Crippen LogP contribution is 2.48. The lowest BCUT2D eigenvalue weighted by molar-refractivity contribution is -0.985. The number of piperidine rings is 3. The standard InChI is InChI=1S/C26H27F2N2O.BrH/c1-2-17-15-30(16-19-7-8-20(27)14-23(19)28)12-10-18(17)13-25(30)26(31)22-9-11-29-24-6-4-3-5-21(22)24;/h2-9,11,14,17-18,25-26,31H,1,10,12-13,15-16H2;1H/q+1;/p-1/t17?,18?,25?,26-,30?;/m1./s1. The first kappa shape index (κ1) is 23.0. The van der Waals surface area contributed by atoms with Crippen molar-refractivity contribution >= 4 is 10.9 Å². The minimum atomic E-state index is -0.690. The molecule has 0 spiro atoms. The lowest BCUT2D eigenvalue weighted by atomic mass is 9.71. The molecule has 3 aromatic rings. The molecule has 0 aliphatic carbocycles. The minimum absolute atomic E-state index is 0. The van der Waals surface area contributed by atoms with Crippen LogP contribution in [0.4, 0.5) is 8.78 Å². The van der Waals surface area contributed by atoms with E-state index in [1.807, 2.05) is 36.4 Å². The van der Waals surface area contributed by atoms with Gasteiger partial charge in [-0.15, -0.1) is 6.58 Å². The average Bonchev–Trinajstić information content (AvgIpc) is 2.80. The number of fused-ring (bicyclic) bond motifs is 4. The molecule has 4 heterocycles. The molecular formula is C26H27BrF2N2O. The summed E-state index contributed by atoms with van der Waals surface area (Å²) in [4.78, 5) is 4.43. The first-order valence-electron chi connectivity index (χ1n) is 10.9. The zero-order chi connectivity index (χ0) is 21.6. The Morgan fingerprint density at radius 3 is 2.78 bits per heavy atom. The van der Waals surface area contributed by atoms with Gasteiger partial charge in [-0.3, -0.25) is 4.98 Å². The molecule has 1 aromatic heterocycles. The molecule has 5 atom stereocenters. The lowest BCUT2D eigenvalue weighted by Crippen LogP contribution is -3.00. The van der Waals surface area contributed by atoms with Gasteiger partial charge in [-0.2, -0.15) is 0 Å². The molecule has 6 heteroatoms. The zero-order valence-corrected chi connectivity index (χ0v) is 19.4. The van der Waals surface area contributed by atoms with Crippen LogP contribution >= 0.6 is 0 Å². The van der Waals surface area contributed by atoms with Crippen LogP contribution in [-0.4, -0.2) is 33.7 Å². The molecule has 0 radical (unpaired) electrons. The smallest absolute Gasteiger partial charge is 0.134 e. The zero-order valence-electron chi connectivity index (χ0n) is 17.8. The van der Waals surface area contributed by atoms with Gasteiger partial charge in [-0.1, -0.05) is 24.3 Å². The topological polar surface area (TPSA) is 33.1 Å². The van der Waals surface area contributed by atoms with Crippen molar-refractivity contribution in [1.29, 1.82) is 0 Å². The predicted molar refractivity (Wildman–Crippen MR) is 117 cm³/mol. The molecule has 3 saturated heterocycles. The lowest BCUT2D eigenvalue weighted by Gasteiger charge is -2.58. The molecule has 32 heavy (non-hydrogen) atoms. The van der Waals surface area contributed by atoms with Crippen molar-refractivity contribution in [2.24, 2.45) is 11.8 Å². The molecule has 2 bridgehead atoms. The normalized spacial score (nSPS) is 27.7. The quantitative estimate of drug-likeness (QED) is 0.430. The van der Waals surface area contributed by atoms with Crippen LogP contribution in [0.5, 0.6) is 0 Å². The summed E-state index contributed by atoms with van der Waals surface area (Å²) in [7, 11) is 0. The Morgan fingerprint density at radius 1 is 1.19 bits per heavy atom. The Morgan fingerprint density at radius 2 is 2.00 bits per heavy atom. The summed E-state index contributed by atoms with van der Waals surface area (Å²) in [6.45, 7) is 6.16. The minimum Gasteiger partial charge on any atom is -1.00 e. The van der Waals surface area contributed by atoms with E-state index < -0.39 is 17.7 Å². The second kappa shape index (κ2) is 9.00. The second-order valence-electron chi connectivity index (χ2n) is 9.13. The van der Waals surface area contributed by atoms with E-state index in [1.54, 1.807) is 12.3 Å². The van der Waals surface area contributed by atoms with Crippen molar-refractivity contribution in [3.63, 3.8) is 0 Å². The third-order valence-electron chi connectivity index (χ3n) is 7.54. The van der Waals surface area contributed by atoms with Crippen LogP contribution in [0.1, 0.15) is 30.1 Å². The summed E-state index contributed by atoms with van der Waals surface area (Å²) in [5, 5.41) is 12.6. The molecule has 0 saturated carbocycles. The van der Waals surface area contributed by atoms with Crippen molar-refractivity contribution in [3.05, 3.63) is 90.1 Å². The van der Waals surface area contributed by atoms with Crippen LogP contribution in [0.3, 0.4) is 0 Å². The van der Waals surface area contributed by atoms with E-state index in [-0.39, 0.29) is 23.0 Å². The maximum atomic E-state index is 14.6. The number of para-hydroxylation sites is 1. The fraction of sp³-hybridized carbons (Fsp3) is 0.346. The van der Waals surface area contributed by atoms with Crippen molar-refractivity contribution in [1.82, 2.24) is 4.98 Å². The molecule has 3 nitrogen and oxygen atoms in total. The van der Waals surface area contributed by atoms with Gasteiger partial charge < -0.3 is 26.6 Å². The maximum absolute atomic E-state index is 14.6. The number of benzene rings is 2. The molecule has 3 fully saturated rings. The SMILES string of the molecule is C=CC1C[N+]2(Cc3ccc(F)cc3F)CCC1CC2[C@H](O)c1ccnc2ccccc12.[Br-]. The molecule has 1 N–H and O–H groups in total. The Bertz CT molecular complexity index is 1130. The number of aliphatic hydroxyl groups excluding tert-OH is 1. The van der Waals surface area contributed by atoms with E-state index in [4.69, 9.17) is 0 Å². The van der Waals surface area contributed by atoms with Crippen molar-refractivity contribution in [2.75, 3.05) is 13.1 Å². The fourth-order valence-electron chi connectivity index (χ4n) is 5.95. The van der Waals surface area contributed by atoms with Crippen LogP contribution in [0, 0.1) is 23.5 Å². The number of hydrogen-bond donors (Lipinski definition) is 1. The summed E-state index contributed by atoms with van der Waals surface area (Å²) in [5.41, 5.74) is 2.23. The number of aromatic nitrogens is 1. The van der Waals surface area contributed by atoms with Gasteiger partial charge in [0, 0.05) is 42.0 Å². The van der Waals surface area contributed by atoms with E-state index in [2.05, 4.69) is 11.6 Å². The van der Waals surface area contributed by atoms with E-state index in [0.717, 1.165) is 48.5 Å². The predicted octanol–water partition coefficient (Wildman–Crippen LogP) is 2.16. The van der Waals surface area contributed by atoms with Gasteiger partial charge >= 0.3 is 0 Å². The van der Waals surface area contributed by atoms with E-state index in [1.165, 1.54) is 6.07 Å². The largest absolute Gasteiger partial charge is 1.00 e. The molecule has 4 unspecified atom stereocenters. The van der Waals surface area contributed by atoms with Gasteiger partial charge in [-0.05, 0) is 35.7 Å². The highest BCUT2D eigenvalue weighted by atomic mass is 79.9. The first-order valence-corrected chi connectivity index (χ1v) is 10.9. The summed E-state index contributed by atoms with van der Waals surface area (Å²) >= 11 is 0. The average molecular weight is 501 g/mol. The molecule has 168 valence electrons. The molecule has 3 aliphatic rings. The number of nitrogens with zero attached hydrogens (tertiary/aromatic N) is 2. The number of pyridine rings is 1. The van der Waals surface area contributed by atoms with Gasteiger partial charge in [0.15, 0.2) is 0 Å². The van der Waals surface area contributed by atoms with Crippen LogP contribution < -0.4 is 17.0 Å². The summed E-state index contributed by atoms with van der Waals surface area (Å²) in [5.74, 6) is -0.265. The molecule has 3 aliphatic heterocycles. The molecule has 0 amide bonds. The third kappa shape index (κ3) is 3.89. The van der Waals surface area contributed by atoms with E-state index in [0.29, 0.717) is 28.4 Å². The van der Waals surface area contributed by atoms with E-state index in [9.17, 15) is 13.9 Å². The number of rotatable bonds is 5. The van der Waals surface area contributed by atoms with Gasteiger partial charge in [0.25, 0.3) is 0 Å². The number of aliphatic hydroxyl groups is 1. The Balaban J connectivity index is 0.00000245. The van der Waals surface area contributed by atoms with Crippen LogP contribution in [0.2, 0.25) is 0 Å². The van der Waals surface area contributed by atoms with E-state index >= 15 is 0 Å². The second-order valence-corrected chi connectivity index (χ2v) is 9.13. The summed E-state index contributed by atoms with van der Waals surface area (Å²) < 4.78 is 28.7.